The number of likely N-dealkylation sites (tertiary alicyclic amines) is 1. The molecule has 2 aliphatic rings. The Labute approximate surface area is 189 Å². The van der Waals surface area contributed by atoms with Gasteiger partial charge in [0.2, 0.25) is 0 Å². The Balaban J connectivity index is 0.00000140. The number of hydrogen-bond donors (Lipinski definition) is 0. The highest BCUT2D eigenvalue weighted by atomic mass is 35.5. The third kappa shape index (κ3) is 5.47. The van der Waals surface area contributed by atoms with Crippen LogP contribution < -0.4 is 4.74 Å². The molecule has 1 unspecified atom stereocenters. The summed E-state index contributed by atoms with van der Waals surface area (Å²) in [6.07, 6.45) is 2.64. The minimum Gasteiger partial charge on any atom is -0.492 e. The topological polar surface area (TPSA) is 15.7 Å². The molecule has 0 aromatic heterocycles. The fraction of sp³-hybridized carbons (Fsp3) is 0.429. The summed E-state index contributed by atoms with van der Waals surface area (Å²) in [6, 6.07) is 14.2. The molecule has 0 aliphatic carbocycles. The van der Waals surface area contributed by atoms with Gasteiger partial charge in [0.1, 0.15) is 12.4 Å². The van der Waals surface area contributed by atoms with Crippen molar-refractivity contribution < 1.29 is 4.74 Å². The third-order valence-electron chi connectivity index (χ3n) is 5.36. The first-order valence-electron chi connectivity index (χ1n) is 9.35. The number of ether oxygens (including phenoxy) is 1. The predicted molar refractivity (Wildman–Crippen MR) is 122 cm³/mol. The predicted octanol–water partition coefficient (Wildman–Crippen LogP) is 5.72. The summed E-state index contributed by atoms with van der Waals surface area (Å²) in [6.45, 7) is 6.14. The van der Waals surface area contributed by atoms with Gasteiger partial charge in [-0.25, -0.2) is 0 Å². The fourth-order valence-electron chi connectivity index (χ4n) is 4.02. The first-order valence-corrected chi connectivity index (χ1v) is 10.1. The van der Waals surface area contributed by atoms with Crippen LogP contribution in [0, 0.1) is 0 Å². The molecule has 28 heavy (non-hydrogen) atoms. The van der Waals surface area contributed by atoms with Crippen LogP contribution in [0.4, 0.5) is 0 Å². The molecule has 0 amide bonds. The zero-order valence-electron chi connectivity index (χ0n) is 15.7. The van der Waals surface area contributed by atoms with Crippen LogP contribution in [0.25, 0.3) is 0 Å². The lowest BCUT2D eigenvalue weighted by Crippen LogP contribution is -2.37. The molecule has 1 saturated heterocycles. The zero-order chi connectivity index (χ0) is 17.9. The van der Waals surface area contributed by atoms with Crippen LogP contribution in [0.3, 0.4) is 0 Å². The molecule has 2 heterocycles. The Bertz CT molecular complexity index is 751. The second kappa shape index (κ2) is 10.9. The second-order valence-electron chi connectivity index (χ2n) is 7.07. The number of rotatable bonds is 4. The minimum atomic E-state index is 0. The van der Waals surface area contributed by atoms with E-state index in [1.165, 1.54) is 31.5 Å². The second-order valence-corrected chi connectivity index (χ2v) is 7.94. The van der Waals surface area contributed by atoms with E-state index in [1.54, 1.807) is 0 Å². The van der Waals surface area contributed by atoms with Crippen LogP contribution in [0.2, 0.25) is 10.0 Å². The lowest BCUT2D eigenvalue weighted by atomic mass is 9.96. The number of nitrogens with zero attached hydrogens (tertiary/aromatic N) is 2. The summed E-state index contributed by atoms with van der Waals surface area (Å²) in [4.78, 5) is 5.08. The van der Waals surface area contributed by atoms with Crippen molar-refractivity contribution in [2.24, 2.45) is 0 Å². The lowest BCUT2D eigenvalue weighted by Gasteiger charge is -2.32. The normalized spacial score (nSPS) is 19.7. The van der Waals surface area contributed by atoms with Crippen molar-refractivity contribution in [2.75, 3.05) is 39.3 Å². The smallest absolute Gasteiger partial charge is 0.124 e. The fourth-order valence-corrected chi connectivity index (χ4v) is 4.32. The first-order chi connectivity index (χ1) is 12.7. The Morgan fingerprint density at radius 3 is 2.25 bits per heavy atom. The summed E-state index contributed by atoms with van der Waals surface area (Å²) >= 11 is 12.5. The summed E-state index contributed by atoms with van der Waals surface area (Å²) in [7, 11) is 0. The van der Waals surface area contributed by atoms with E-state index < -0.39 is 0 Å². The highest BCUT2D eigenvalue weighted by molar-refractivity contribution is 6.31. The lowest BCUT2D eigenvalue weighted by molar-refractivity contribution is 0.177. The molecule has 7 heteroatoms. The van der Waals surface area contributed by atoms with Crippen molar-refractivity contribution in [2.45, 2.75) is 18.9 Å². The van der Waals surface area contributed by atoms with E-state index in [-0.39, 0.29) is 30.9 Å². The molecule has 0 radical (unpaired) electrons. The standard InChI is InChI=1S/C21H24Cl2N2O.2ClH/c22-17-5-3-16(4-6-17)21-19-15-18(23)7-8-20(19)26-14-13-25(21)12-11-24-9-1-2-10-24;;/h3-8,15,21H,1-2,9-14H2;2*1H. The van der Waals surface area contributed by atoms with E-state index >= 15 is 0 Å². The summed E-state index contributed by atoms with van der Waals surface area (Å²) in [5, 5.41) is 1.50. The van der Waals surface area contributed by atoms with Crippen LogP contribution in [0.5, 0.6) is 5.75 Å². The van der Waals surface area contributed by atoms with Crippen LogP contribution in [0.1, 0.15) is 30.0 Å². The summed E-state index contributed by atoms with van der Waals surface area (Å²) in [5.41, 5.74) is 2.36. The number of hydrogen-bond acceptors (Lipinski definition) is 3. The molecule has 2 aliphatic heterocycles. The van der Waals surface area contributed by atoms with Crippen LogP contribution in [-0.2, 0) is 0 Å². The molecule has 3 nitrogen and oxygen atoms in total. The average Bonchev–Trinajstić information content (AvgIpc) is 3.09. The van der Waals surface area contributed by atoms with Gasteiger partial charge >= 0.3 is 0 Å². The SMILES string of the molecule is Cl.Cl.Clc1ccc(C2c3cc(Cl)ccc3OCCN2CCN2CCCC2)cc1. The van der Waals surface area contributed by atoms with Crippen LogP contribution in [-0.4, -0.2) is 49.1 Å². The van der Waals surface area contributed by atoms with E-state index in [0.29, 0.717) is 6.61 Å². The van der Waals surface area contributed by atoms with E-state index in [2.05, 4.69) is 21.9 Å². The maximum absolute atomic E-state index is 6.33. The molecule has 154 valence electrons. The molecule has 0 bridgehead atoms. The molecule has 2 aromatic rings. The van der Waals surface area contributed by atoms with Crippen LogP contribution >= 0.6 is 48.0 Å². The largest absolute Gasteiger partial charge is 0.492 e. The van der Waals surface area contributed by atoms with Crippen molar-refractivity contribution in [1.29, 1.82) is 0 Å². The minimum absolute atomic E-state index is 0. The van der Waals surface area contributed by atoms with Crippen molar-refractivity contribution >= 4 is 48.0 Å². The van der Waals surface area contributed by atoms with Gasteiger partial charge < -0.3 is 9.64 Å². The molecular formula is C21H26Cl4N2O. The highest BCUT2D eigenvalue weighted by Gasteiger charge is 2.29. The molecule has 0 spiro atoms. The van der Waals surface area contributed by atoms with Crippen molar-refractivity contribution in [3.8, 4) is 5.75 Å². The van der Waals surface area contributed by atoms with Crippen molar-refractivity contribution in [3.05, 3.63) is 63.6 Å². The van der Waals surface area contributed by atoms with Gasteiger partial charge in [-0.1, -0.05) is 35.3 Å². The van der Waals surface area contributed by atoms with Gasteiger partial charge in [0.25, 0.3) is 0 Å². The number of benzene rings is 2. The molecule has 1 fully saturated rings. The molecular weight excluding hydrogens is 438 g/mol. The maximum atomic E-state index is 6.33. The van der Waals surface area contributed by atoms with E-state index in [1.807, 2.05) is 30.3 Å². The van der Waals surface area contributed by atoms with E-state index in [4.69, 9.17) is 27.9 Å². The van der Waals surface area contributed by atoms with Gasteiger partial charge in [0, 0.05) is 35.2 Å². The van der Waals surface area contributed by atoms with Gasteiger partial charge in [0.15, 0.2) is 0 Å². The zero-order valence-corrected chi connectivity index (χ0v) is 18.8. The summed E-state index contributed by atoms with van der Waals surface area (Å²) < 4.78 is 6.04. The molecule has 4 rings (SSSR count). The van der Waals surface area contributed by atoms with Gasteiger partial charge in [-0.2, -0.15) is 0 Å². The van der Waals surface area contributed by atoms with Crippen molar-refractivity contribution in [3.63, 3.8) is 0 Å². The van der Waals surface area contributed by atoms with Gasteiger partial charge in [-0.3, -0.25) is 4.90 Å². The van der Waals surface area contributed by atoms with E-state index in [9.17, 15) is 0 Å². The first kappa shape index (κ1) is 23.6. The Morgan fingerprint density at radius 2 is 1.54 bits per heavy atom. The van der Waals surface area contributed by atoms with Gasteiger partial charge in [-0.15, -0.1) is 24.8 Å². The maximum Gasteiger partial charge on any atom is 0.124 e. The number of halogens is 4. The molecule has 2 aromatic carbocycles. The van der Waals surface area contributed by atoms with E-state index in [0.717, 1.165) is 41.0 Å². The van der Waals surface area contributed by atoms with Crippen LogP contribution in [0.15, 0.2) is 42.5 Å². The quantitative estimate of drug-likeness (QED) is 0.576. The summed E-state index contributed by atoms with van der Waals surface area (Å²) in [5.74, 6) is 0.929. The van der Waals surface area contributed by atoms with Gasteiger partial charge in [0.05, 0.1) is 6.04 Å². The molecule has 1 atom stereocenters. The number of fused-ring (bicyclic) bond motifs is 1. The molecule has 0 saturated carbocycles. The average molecular weight is 464 g/mol. The van der Waals surface area contributed by atoms with Gasteiger partial charge in [-0.05, 0) is 61.8 Å². The third-order valence-corrected chi connectivity index (χ3v) is 5.84. The monoisotopic (exact) mass is 462 g/mol. The Morgan fingerprint density at radius 1 is 0.857 bits per heavy atom. The molecule has 0 N–H and O–H groups in total. The van der Waals surface area contributed by atoms with Crippen molar-refractivity contribution in [1.82, 2.24) is 9.80 Å². The Kier molecular flexibility index (Phi) is 9.20. The Hall–Kier alpha value is -0.680. The highest BCUT2D eigenvalue weighted by Crippen LogP contribution is 2.38.